The van der Waals surface area contributed by atoms with Crippen LogP contribution in [0.3, 0.4) is 0 Å². The summed E-state index contributed by atoms with van der Waals surface area (Å²) < 4.78 is 3.56. The van der Waals surface area contributed by atoms with Crippen LogP contribution in [0.5, 0.6) is 0 Å². The molecule has 2 rings (SSSR count). The van der Waals surface area contributed by atoms with Crippen molar-refractivity contribution >= 4 is 43.5 Å². The lowest BCUT2D eigenvalue weighted by Gasteiger charge is -2.10. The highest BCUT2D eigenvalue weighted by molar-refractivity contribution is 9.10. The number of nitrogens with one attached hydrogen (secondary N) is 1. The van der Waals surface area contributed by atoms with Gasteiger partial charge in [-0.15, -0.1) is 0 Å². The molecule has 108 valence electrons. The van der Waals surface area contributed by atoms with Crippen molar-refractivity contribution < 1.29 is 4.79 Å². The second-order valence-corrected chi connectivity index (χ2v) is 6.32. The summed E-state index contributed by atoms with van der Waals surface area (Å²) in [5.74, 6) is -0.233. The van der Waals surface area contributed by atoms with Crippen LogP contribution in [0, 0.1) is 11.3 Å². The lowest BCUT2D eigenvalue weighted by molar-refractivity contribution is 0.101. The third-order valence-corrected chi connectivity index (χ3v) is 3.84. The molecule has 0 saturated heterocycles. The normalized spacial score (nSPS) is 10.2. The molecule has 0 saturated carbocycles. The average molecular weight is 411 g/mol. The number of anilines is 1. The number of nitrogens with zero attached hydrogens (tertiary/aromatic N) is 2. The number of aryl methyl sites for hydroxylation is 1. The Labute approximate surface area is 140 Å². The maximum Gasteiger partial charge on any atom is 0.272 e. The highest BCUT2D eigenvalue weighted by atomic mass is 79.9. The summed E-state index contributed by atoms with van der Waals surface area (Å²) in [4.78, 5) is 12.4. The zero-order valence-corrected chi connectivity index (χ0v) is 14.5. The molecule has 0 aliphatic heterocycles. The van der Waals surface area contributed by atoms with Gasteiger partial charge >= 0.3 is 0 Å². The zero-order chi connectivity index (χ0) is 15.4. The van der Waals surface area contributed by atoms with Crippen LogP contribution in [0.15, 0.2) is 39.4 Å². The third kappa shape index (κ3) is 3.74. The molecule has 1 aromatic carbocycles. The fraction of sp³-hybridized carbons (Fsp3) is 0.200. The van der Waals surface area contributed by atoms with Crippen LogP contribution in [0.4, 0.5) is 5.69 Å². The van der Waals surface area contributed by atoms with Gasteiger partial charge in [-0.2, -0.15) is 5.26 Å². The van der Waals surface area contributed by atoms with Crippen molar-refractivity contribution in [1.29, 1.82) is 5.26 Å². The molecule has 0 fully saturated rings. The highest BCUT2D eigenvalue weighted by Gasteiger charge is 2.14. The molecule has 1 aromatic heterocycles. The molecule has 6 heteroatoms. The number of rotatable bonds is 4. The molecule has 1 heterocycles. The van der Waals surface area contributed by atoms with Gasteiger partial charge in [0.25, 0.3) is 5.91 Å². The molecule has 0 aliphatic carbocycles. The van der Waals surface area contributed by atoms with Gasteiger partial charge in [-0.3, -0.25) is 4.79 Å². The third-order valence-electron chi connectivity index (χ3n) is 2.91. The van der Waals surface area contributed by atoms with Gasteiger partial charge in [0.05, 0.1) is 11.3 Å². The number of amides is 1. The van der Waals surface area contributed by atoms with E-state index in [9.17, 15) is 4.79 Å². The van der Waals surface area contributed by atoms with Gasteiger partial charge < -0.3 is 9.88 Å². The predicted octanol–water partition coefficient (Wildman–Crippen LogP) is 4.55. The van der Waals surface area contributed by atoms with E-state index in [0.717, 1.165) is 21.9 Å². The van der Waals surface area contributed by atoms with Crippen molar-refractivity contribution in [1.82, 2.24) is 4.57 Å². The maximum absolute atomic E-state index is 12.4. The van der Waals surface area contributed by atoms with E-state index in [1.54, 1.807) is 24.3 Å². The predicted molar refractivity (Wildman–Crippen MR) is 89.2 cm³/mol. The van der Waals surface area contributed by atoms with E-state index in [1.807, 2.05) is 10.8 Å². The van der Waals surface area contributed by atoms with Gasteiger partial charge in [-0.1, -0.05) is 22.9 Å². The number of carbonyl (C=O) groups is 1. The summed E-state index contributed by atoms with van der Waals surface area (Å²) in [6.45, 7) is 2.82. The Balaban J connectivity index is 2.30. The first-order valence-corrected chi connectivity index (χ1v) is 8.00. The first kappa shape index (κ1) is 15.8. The molecule has 1 N–H and O–H groups in total. The van der Waals surface area contributed by atoms with Crippen LogP contribution in [-0.2, 0) is 6.54 Å². The van der Waals surface area contributed by atoms with Crippen molar-refractivity contribution in [3.63, 3.8) is 0 Å². The zero-order valence-electron chi connectivity index (χ0n) is 11.4. The van der Waals surface area contributed by atoms with Crippen molar-refractivity contribution in [3.8, 4) is 6.07 Å². The van der Waals surface area contributed by atoms with E-state index in [0.29, 0.717) is 16.9 Å². The number of aromatic nitrogens is 1. The van der Waals surface area contributed by atoms with Gasteiger partial charge in [-0.25, -0.2) is 0 Å². The first-order valence-electron chi connectivity index (χ1n) is 6.41. The average Bonchev–Trinajstić information content (AvgIpc) is 2.80. The summed E-state index contributed by atoms with van der Waals surface area (Å²) in [6.07, 6.45) is 2.81. The SMILES string of the molecule is CCCn1cc(Br)cc1C(=O)Nc1cc(Br)ccc1C#N. The van der Waals surface area contributed by atoms with Crippen LogP contribution in [-0.4, -0.2) is 10.5 Å². The number of halogens is 2. The Morgan fingerprint density at radius 3 is 2.76 bits per heavy atom. The Kier molecular flexibility index (Phi) is 5.21. The number of carbonyl (C=O) groups excluding carboxylic acids is 1. The molecule has 0 aliphatic rings. The maximum atomic E-state index is 12.4. The standard InChI is InChI=1S/C15H13Br2N3O/c1-2-5-20-9-12(17)7-14(20)15(21)19-13-6-11(16)4-3-10(13)8-18/h3-4,6-7,9H,2,5H2,1H3,(H,19,21). The second kappa shape index (κ2) is 6.92. The Morgan fingerprint density at radius 2 is 2.10 bits per heavy atom. The molecule has 0 radical (unpaired) electrons. The first-order chi connectivity index (χ1) is 10.0. The summed E-state index contributed by atoms with van der Waals surface area (Å²) >= 11 is 6.73. The van der Waals surface area contributed by atoms with E-state index in [1.165, 1.54) is 0 Å². The minimum atomic E-state index is -0.233. The van der Waals surface area contributed by atoms with Crippen molar-refractivity contribution in [2.45, 2.75) is 19.9 Å². The molecule has 21 heavy (non-hydrogen) atoms. The van der Waals surface area contributed by atoms with Crippen LogP contribution < -0.4 is 5.32 Å². The lowest BCUT2D eigenvalue weighted by atomic mass is 10.2. The minimum absolute atomic E-state index is 0.233. The van der Waals surface area contributed by atoms with Crippen molar-refractivity contribution in [3.05, 3.63) is 50.7 Å². The molecule has 4 nitrogen and oxygen atoms in total. The molecule has 1 amide bonds. The van der Waals surface area contributed by atoms with Gasteiger partial charge in [0.15, 0.2) is 0 Å². The minimum Gasteiger partial charge on any atom is -0.342 e. The number of hydrogen-bond donors (Lipinski definition) is 1. The number of hydrogen-bond acceptors (Lipinski definition) is 2. The van der Waals surface area contributed by atoms with Gasteiger partial charge in [0.2, 0.25) is 0 Å². The molecular weight excluding hydrogens is 398 g/mol. The Hall–Kier alpha value is -1.58. The van der Waals surface area contributed by atoms with Gasteiger partial charge in [0, 0.05) is 21.7 Å². The van der Waals surface area contributed by atoms with Crippen LogP contribution >= 0.6 is 31.9 Å². The van der Waals surface area contributed by atoms with E-state index in [-0.39, 0.29) is 5.91 Å². The smallest absolute Gasteiger partial charge is 0.272 e. The summed E-state index contributed by atoms with van der Waals surface area (Å²) in [7, 11) is 0. The lowest BCUT2D eigenvalue weighted by Crippen LogP contribution is -2.17. The van der Waals surface area contributed by atoms with E-state index in [4.69, 9.17) is 5.26 Å². The molecule has 0 spiro atoms. The molecular formula is C15H13Br2N3O. The highest BCUT2D eigenvalue weighted by Crippen LogP contribution is 2.22. The second-order valence-electron chi connectivity index (χ2n) is 4.49. The fourth-order valence-corrected chi connectivity index (χ4v) is 2.82. The summed E-state index contributed by atoms with van der Waals surface area (Å²) in [5.41, 5.74) is 1.49. The van der Waals surface area contributed by atoms with Gasteiger partial charge in [0.1, 0.15) is 11.8 Å². The van der Waals surface area contributed by atoms with Crippen LogP contribution in [0.25, 0.3) is 0 Å². The monoisotopic (exact) mass is 409 g/mol. The number of benzene rings is 1. The van der Waals surface area contributed by atoms with E-state index >= 15 is 0 Å². The topological polar surface area (TPSA) is 57.8 Å². The van der Waals surface area contributed by atoms with Crippen molar-refractivity contribution in [2.75, 3.05) is 5.32 Å². The van der Waals surface area contributed by atoms with Crippen molar-refractivity contribution in [2.24, 2.45) is 0 Å². The molecule has 0 bridgehead atoms. The summed E-state index contributed by atoms with van der Waals surface area (Å²) in [6, 6.07) is 9.00. The van der Waals surface area contributed by atoms with E-state index < -0.39 is 0 Å². The molecule has 0 atom stereocenters. The van der Waals surface area contributed by atoms with E-state index in [2.05, 4.69) is 50.2 Å². The van der Waals surface area contributed by atoms with Gasteiger partial charge in [-0.05, 0) is 46.6 Å². The van der Waals surface area contributed by atoms with Crippen LogP contribution in [0.1, 0.15) is 29.4 Å². The quantitative estimate of drug-likeness (QED) is 0.803. The van der Waals surface area contributed by atoms with Crippen LogP contribution in [0.2, 0.25) is 0 Å². The number of nitriles is 1. The Morgan fingerprint density at radius 1 is 1.33 bits per heavy atom. The Bertz CT molecular complexity index is 716. The molecule has 2 aromatic rings. The fourth-order valence-electron chi connectivity index (χ4n) is 1.99. The molecule has 0 unspecified atom stereocenters. The largest absolute Gasteiger partial charge is 0.342 e. The summed E-state index contributed by atoms with van der Waals surface area (Å²) in [5, 5.41) is 11.9.